The van der Waals surface area contributed by atoms with Gasteiger partial charge in [0, 0.05) is 36.5 Å². The highest BCUT2D eigenvalue weighted by molar-refractivity contribution is 5.94. The second-order valence-corrected chi connectivity index (χ2v) is 6.93. The van der Waals surface area contributed by atoms with Gasteiger partial charge >= 0.3 is 0 Å². The van der Waals surface area contributed by atoms with Crippen LogP contribution in [0.15, 0.2) is 54.6 Å². The summed E-state index contributed by atoms with van der Waals surface area (Å²) in [6.07, 6.45) is 1.02. The maximum Gasteiger partial charge on any atom is 0.254 e. The maximum absolute atomic E-state index is 13.1. The van der Waals surface area contributed by atoms with Crippen molar-refractivity contribution >= 4 is 5.91 Å². The molecule has 0 spiro atoms. The number of likely N-dealkylation sites (tertiary alicyclic amines) is 1. The molecule has 4 rings (SSSR count). The topological polar surface area (TPSA) is 41.6 Å². The van der Waals surface area contributed by atoms with Crippen LogP contribution >= 0.6 is 0 Å². The highest BCUT2D eigenvalue weighted by Crippen LogP contribution is 2.40. The molecule has 0 unspecified atom stereocenters. The lowest BCUT2D eigenvalue weighted by Gasteiger charge is -2.33. The van der Waals surface area contributed by atoms with Gasteiger partial charge in [-0.25, -0.2) is 0 Å². The van der Waals surface area contributed by atoms with Crippen molar-refractivity contribution in [3.63, 3.8) is 0 Å². The van der Waals surface area contributed by atoms with Crippen LogP contribution < -0.4 is 10.1 Å². The first kappa shape index (κ1) is 16.2. The second-order valence-electron chi connectivity index (χ2n) is 6.93. The van der Waals surface area contributed by atoms with Crippen LogP contribution in [0.4, 0.5) is 0 Å². The molecule has 0 bridgehead atoms. The first-order valence-electron chi connectivity index (χ1n) is 8.98. The molecule has 2 aromatic carbocycles. The molecule has 2 fully saturated rings. The van der Waals surface area contributed by atoms with Crippen LogP contribution in [0.2, 0.25) is 0 Å². The van der Waals surface area contributed by atoms with E-state index < -0.39 is 0 Å². The molecule has 0 aliphatic carbocycles. The molecular weight excluding hydrogens is 312 g/mol. The zero-order valence-electron chi connectivity index (χ0n) is 14.5. The molecule has 0 saturated carbocycles. The number of rotatable bonds is 3. The summed E-state index contributed by atoms with van der Waals surface area (Å²) in [6.45, 7) is 2.74. The molecule has 2 aliphatic rings. The Morgan fingerprint density at radius 3 is 2.60 bits per heavy atom. The Hall–Kier alpha value is -2.33. The van der Waals surface area contributed by atoms with Crippen LogP contribution in [0.25, 0.3) is 0 Å². The smallest absolute Gasteiger partial charge is 0.254 e. The zero-order valence-corrected chi connectivity index (χ0v) is 14.5. The standard InChI is InChI=1S/C21H24N2O2/c1-25-17-9-7-15(8-10-17)19-14-23(20-11-12-22-13-18(19)20)21(24)16-5-3-2-4-6-16/h2-10,18-20,22H,11-14H2,1H3/t18-,19-,20-/m1/s1. The van der Waals surface area contributed by atoms with Gasteiger partial charge < -0.3 is 15.0 Å². The van der Waals surface area contributed by atoms with Crippen LogP contribution in [0.1, 0.15) is 28.3 Å². The van der Waals surface area contributed by atoms with Crippen LogP contribution in [0.3, 0.4) is 0 Å². The van der Waals surface area contributed by atoms with E-state index in [0.717, 1.165) is 37.4 Å². The Balaban J connectivity index is 1.62. The van der Waals surface area contributed by atoms with Gasteiger partial charge in [0.25, 0.3) is 5.91 Å². The summed E-state index contributed by atoms with van der Waals surface area (Å²) in [7, 11) is 1.69. The minimum Gasteiger partial charge on any atom is -0.497 e. The van der Waals surface area contributed by atoms with E-state index in [-0.39, 0.29) is 5.91 Å². The highest BCUT2D eigenvalue weighted by atomic mass is 16.5. The first-order valence-corrected chi connectivity index (χ1v) is 8.98. The number of hydrogen-bond acceptors (Lipinski definition) is 3. The van der Waals surface area contributed by atoms with Gasteiger partial charge in [-0.2, -0.15) is 0 Å². The van der Waals surface area contributed by atoms with E-state index in [4.69, 9.17) is 4.74 Å². The molecule has 0 aromatic heterocycles. The van der Waals surface area contributed by atoms with Crippen molar-refractivity contribution in [3.05, 3.63) is 65.7 Å². The first-order chi connectivity index (χ1) is 12.3. The average molecular weight is 336 g/mol. The lowest BCUT2D eigenvalue weighted by atomic mass is 9.82. The van der Waals surface area contributed by atoms with Crippen LogP contribution in [0.5, 0.6) is 5.75 Å². The fourth-order valence-electron chi connectivity index (χ4n) is 4.33. The predicted octanol–water partition coefficient (Wildman–Crippen LogP) is 2.91. The summed E-state index contributed by atoms with van der Waals surface area (Å²) in [4.78, 5) is 15.2. The van der Waals surface area contributed by atoms with E-state index in [1.165, 1.54) is 5.56 Å². The average Bonchev–Trinajstić information content (AvgIpc) is 3.08. The van der Waals surface area contributed by atoms with Crippen molar-refractivity contribution in [2.45, 2.75) is 18.4 Å². The Morgan fingerprint density at radius 1 is 1.12 bits per heavy atom. The third-order valence-corrected chi connectivity index (χ3v) is 5.63. The quantitative estimate of drug-likeness (QED) is 0.937. The van der Waals surface area contributed by atoms with Crippen molar-refractivity contribution in [2.24, 2.45) is 5.92 Å². The van der Waals surface area contributed by atoms with Crippen molar-refractivity contribution < 1.29 is 9.53 Å². The summed E-state index contributed by atoms with van der Waals surface area (Å²) < 4.78 is 5.28. The normalized spacial score (nSPS) is 25.5. The molecule has 2 heterocycles. The lowest BCUT2D eigenvalue weighted by molar-refractivity contribution is 0.0697. The fraction of sp³-hybridized carbons (Fsp3) is 0.381. The Labute approximate surface area is 148 Å². The van der Waals surface area contributed by atoms with Gasteiger partial charge in [0.15, 0.2) is 0 Å². The van der Waals surface area contributed by atoms with Gasteiger partial charge in [0.05, 0.1) is 7.11 Å². The number of ether oxygens (including phenoxy) is 1. The maximum atomic E-state index is 13.1. The molecule has 4 nitrogen and oxygen atoms in total. The number of fused-ring (bicyclic) bond motifs is 1. The number of piperidine rings is 1. The third-order valence-electron chi connectivity index (χ3n) is 5.63. The van der Waals surface area contributed by atoms with E-state index in [2.05, 4.69) is 22.3 Å². The van der Waals surface area contributed by atoms with Gasteiger partial charge in [-0.05, 0) is 42.8 Å². The SMILES string of the molecule is COc1ccc([C@H]2CN(C(=O)c3ccccc3)[C@@H]3CCNC[C@H]23)cc1. The van der Waals surface area contributed by atoms with E-state index in [9.17, 15) is 4.79 Å². The van der Waals surface area contributed by atoms with Crippen molar-refractivity contribution in [1.82, 2.24) is 10.2 Å². The molecule has 25 heavy (non-hydrogen) atoms. The van der Waals surface area contributed by atoms with E-state index in [1.54, 1.807) is 7.11 Å². The monoisotopic (exact) mass is 336 g/mol. The van der Waals surface area contributed by atoms with Crippen LogP contribution in [-0.2, 0) is 0 Å². The number of nitrogens with one attached hydrogen (secondary N) is 1. The summed E-state index contributed by atoms with van der Waals surface area (Å²) in [5.41, 5.74) is 2.08. The molecule has 1 N–H and O–H groups in total. The van der Waals surface area contributed by atoms with Crippen LogP contribution in [0, 0.1) is 5.92 Å². The largest absolute Gasteiger partial charge is 0.497 e. The third kappa shape index (κ3) is 3.02. The van der Waals surface area contributed by atoms with Gasteiger partial charge in [0.1, 0.15) is 5.75 Å². The van der Waals surface area contributed by atoms with Crippen molar-refractivity contribution in [3.8, 4) is 5.75 Å². The van der Waals surface area contributed by atoms with Gasteiger partial charge in [-0.15, -0.1) is 0 Å². The van der Waals surface area contributed by atoms with Crippen LogP contribution in [-0.4, -0.2) is 43.6 Å². The minimum atomic E-state index is 0.161. The molecule has 4 heteroatoms. The molecule has 1 amide bonds. The second kappa shape index (κ2) is 6.89. The molecule has 2 saturated heterocycles. The molecular formula is C21H24N2O2. The Kier molecular flexibility index (Phi) is 4.45. The number of hydrogen-bond donors (Lipinski definition) is 1. The molecule has 2 aromatic rings. The van der Waals surface area contributed by atoms with E-state index >= 15 is 0 Å². The van der Waals surface area contributed by atoms with Gasteiger partial charge in [-0.3, -0.25) is 4.79 Å². The number of carbonyl (C=O) groups excluding carboxylic acids is 1. The number of nitrogens with zero attached hydrogens (tertiary/aromatic N) is 1. The molecule has 130 valence electrons. The Bertz CT molecular complexity index is 729. The Morgan fingerprint density at radius 2 is 1.88 bits per heavy atom. The molecule has 3 atom stereocenters. The molecule has 0 radical (unpaired) electrons. The summed E-state index contributed by atoms with van der Waals surface area (Å²) in [5.74, 6) is 1.87. The zero-order chi connectivity index (χ0) is 17.2. The van der Waals surface area contributed by atoms with Gasteiger partial charge in [0.2, 0.25) is 0 Å². The van der Waals surface area contributed by atoms with Gasteiger partial charge in [-0.1, -0.05) is 30.3 Å². The number of amides is 1. The minimum absolute atomic E-state index is 0.161. The predicted molar refractivity (Wildman–Crippen MR) is 98.0 cm³/mol. The summed E-state index contributed by atoms with van der Waals surface area (Å²) >= 11 is 0. The van der Waals surface area contributed by atoms with Crippen molar-refractivity contribution in [2.75, 3.05) is 26.7 Å². The van der Waals surface area contributed by atoms with E-state index in [1.807, 2.05) is 42.5 Å². The number of methoxy groups -OCH3 is 1. The highest BCUT2D eigenvalue weighted by Gasteiger charge is 2.45. The van der Waals surface area contributed by atoms with E-state index in [0.29, 0.717) is 17.9 Å². The van der Waals surface area contributed by atoms with Crippen molar-refractivity contribution in [1.29, 1.82) is 0 Å². The summed E-state index contributed by atoms with van der Waals surface area (Å²) in [6, 6.07) is 18.3. The number of carbonyl (C=O) groups is 1. The number of benzene rings is 2. The summed E-state index contributed by atoms with van der Waals surface area (Å²) in [5, 5.41) is 3.52. The molecule has 2 aliphatic heterocycles. The fourth-order valence-corrected chi connectivity index (χ4v) is 4.33. The lowest BCUT2D eigenvalue weighted by Crippen LogP contribution is -2.46.